The predicted octanol–water partition coefficient (Wildman–Crippen LogP) is 2.83. The number of rotatable bonds is 3. The van der Waals surface area contributed by atoms with Crippen molar-refractivity contribution in [3.8, 4) is 0 Å². The fourth-order valence-electron chi connectivity index (χ4n) is 1.69. The van der Waals surface area contributed by atoms with E-state index in [1.54, 1.807) is 17.0 Å². The van der Waals surface area contributed by atoms with Crippen LogP contribution in [0.25, 0.3) is 0 Å². The van der Waals surface area contributed by atoms with Crippen molar-refractivity contribution in [1.82, 2.24) is 20.1 Å². The maximum Gasteiger partial charge on any atom is 0.253 e. The molecule has 1 amide bonds. The lowest BCUT2D eigenvalue weighted by atomic mass is 10.2. The van der Waals surface area contributed by atoms with Crippen LogP contribution in [0.2, 0.25) is 0 Å². The molecule has 0 aliphatic heterocycles. The van der Waals surface area contributed by atoms with E-state index in [1.165, 1.54) is 0 Å². The number of hydrogen-bond acceptors (Lipinski definition) is 3. The van der Waals surface area contributed by atoms with Crippen molar-refractivity contribution < 1.29 is 4.79 Å². The lowest BCUT2D eigenvalue weighted by molar-refractivity contribution is 0.0937. The van der Waals surface area contributed by atoms with Gasteiger partial charge in [-0.25, -0.2) is 0 Å². The number of benzene rings is 1. The third-order valence-corrected chi connectivity index (χ3v) is 3.84. The van der Waals surface area contributed by atoms with E-state index in [1.807, 2.05) is 26.1 Å². The van der Waals surface area contributed by atoms with Gasteiger partial charge in [0.05, 0.1) is 11.6 Å². The zero-order chi connectivity index (χ0) is 14.0. The molecule has 1 unspecified atom stereocenters. The summed E-state index contributed by atoms with van der Waals surface area (Å²) in [5.74, 6) is 0.545. The second-order valence-electron chi connectivity index (χ2n) is 4.12. The first-order valence-corrected chi connectivity index (χ1v) is 7.17. The van der Waals surface area contributed by atoms with Gasteiger partial charge in [0.15, 0.2) is 5.82 Å². The Labute approximate surface area is 127 Å². The lowest BCUT2D eigenvalue weighted by Crippen LogP contribution is -2.28. The van der Waals surface area contributed by atoms with Crippen LogP contribution < -0.4 is 5.32 Å². The highest BCUT2D eigenvalue weighted by Gasteiger charge is 2.17. The van der Waals surface area contributed by atoms with E-state index >= 15 is 0 Å². The molecule has 2 aromatic rings. The van der Waals surface area contributed by atoms with Crippen molar-refractivity contribution in [2.75, 3.05) is 0 Å². The number of hydrogen-bond donors (Lipinski definition) is 1. The topological polar surface area (TPSA) is 59.8 Å². The van der Waals surface area contributed by atoms with Gasteiger partial charge in [-0.2, -0.15) is 0 Å². The van der Waals surface area contributed by atoms with Crippen LogP contribution in [0, 0.1) is 0 Å². The van der Waals surface area contributed by atoms with E-state index in [4.69, 9.17) is 0 Å². The summed E-state index contributed by atoms with van der Waals surface area (Å²) in [5.41, 5.74) is 0.573. The van der Waals surface area contributed by atoms with E-state index in [0.29, 0.717) is 11.4 Å². The van der Waals surface area contributed by atoms with E-state index in [0.717, 1.165) is 8.95 Å². The van der Waals surface area contributed by atoms with Gasteiger partial charge in [0.2, 0.25) is 0 Å². The number of carbonyl (C=O) groups is 1. The molecule has 0 fully saturated rings. The predicted molar refractivity (Wildman–Crippen MR) is 78.7 cm³/mol. The minimum atomic E-state index is -0.217. The number of nitrogens with one attached hydrogen (secondary N) is 1. The van der Waals surface area contributed by atoms with Gasteiger partial charge in [0.1, 0.15) is 6.33 Å². The van der Waals surface area contributed by atoms with E-state index in [2.05, 4.69) is 47.4 Å². The van der Waals surface area contributed by atoms with Crippen molar-refractivity contribution in [3.05, 3.63) is 44.9 Å². The summed E-state index contributed by atoms with van der Waals surface area (Å²) in [6.07, 6.45) is 1.60. The molecule has 2 rings (SSSR count). The monoisotopic (exact) mass is 386 g/mol. The van der Waals surface area contributed by atoms with Crippen LogP contribution >= 0.6 is 31.9 Å². The number of carbonyl (C=O) groups excluding carboxylic acids is 1. The second-order valence-corrected chi connectivity index (χ2v) is 5.89. The Morgan fingerprint density at radius 2 is 2.16 bits per heavy atom. The molecular formula is C12H12Br2N4O. The van der Waals surface area contributed by atoms with E-state index in [-0.39, 0.29) is 11.9 Å². The van der Waals surface area contributed by atoms with Crippen LogP contribution in [-0.2, 0) is 7.05 Å². The Bertz CT molecular complexity index is 612. The standard InChI is InChI=1S/C12H12Br2N4O/c1-7(11-17-15-6-18(11)2)16-12(19)9-5-8(13)3-4-10(9)14/h3-7H,1-2H3,(H,16,19). The van der Waals surface area contributed by atoms with Gasteiger partial charge in [-0.1, -0.05) is 15.9 Å². The number of nitrogens with zero attached hydrogens (tertiary/aromatic N) is 3. The second kappa shape index (κ2) is 5.83. The highest BCUT2D eigenvalue weighted by Crippen LogP contribution is 2.22. The van der Waals surface area contributed by atoms with Crippen LogP contribution in [0.1, 0.15) is 29.1 Å². The highest BCUT2D eigenvalue weighted by molar-refractivity contribution is 9.11. The normalized spacial score (nSPS) is 12.2. The molecule has 0 saturated carbocycles. The minimum absolute atomic E-state index is 0.163. The summed E-state index contributed by atoms with van der Waals surface area (Å²) in [5, 5.41) is 10.7. The molecule has 0 aliphatic carbocycles. The molecule has 1 aromatic carbocycles. The van der Waals surface area contributed by atoms with Crippen LogP contribution in [0.15, 0.2) is 33.5 Å². The first kappa shape index (κ1) is 14.2. The largest absolute Gasteiger partial charge is 0.342 e. The van der Waals surface area contributed by atoms with Crippen LogP contribution in [-0.4, -0.2) is 20.7 Å². The first-order valence-electron chi connectivity index (χ1n) is 5.59. The Balaban J connectivity index is 2.17. The third-order valence-electron chi connectivity index (χ3n) is 2.65. The van der Waals surface area contributed by atoms with E-state index < -0.39 is 0 Å². The summed E-state index contributed by atoms with van der Waals surface area (Å²) in [6.45, 7) is 1.87. The van der Waals surface area contributed by atoms with Crippen LogP contribution in [0.4, 0.5) is 0 Å². The number of amides is 1. The smallest absolute Gasteiger partial charge is 0.253 e. The van der Waals surface area contributed by atoms with Gasteiger partial charge in [-0.3, -0.25) is 4.79 Å². The Hall–Kier alpha value is -1.21. The van der Waals surface area contributed by atoms with Crippen molar-refractivity contribution >= 4 is 37.8 Å². The number of aromatic nitrogens is 3. The Kier molecular flexibility index (Phi) is 4.36. The fraction of sp³-hybridized carbons (Fsp3) is 0.250. The van der Waals surface area contributed by atoms with Gasteiger partial charge in [-0.05, 0) is 41.1 Å². The zero-order valence-corrected chi connectivity index (χ0v) is 13.6. The molecule has 0 radical (unpaired) electrons. The Morgan fingerprint density at radius 3 is 2.79 bits per heavy atom. The first-order chi connectivity index (χ1) is 8.99. The molecular weight excluding hydrogens is 376 g/mol. The van der Waals surface area contributed by atoms with Crippen molar-refractivity contribution in [3.63, 3.8) is 0 Å². The van der Waals surface area contributed by atoms with Gasteiger partial charge >= 0.3 is 0 Å². The van der Waals surface area contributed by atoms with Gasteiger partial charge in [-0.15, -0.1) is 10.2 Å². The molecule has 19 heavy (non-hydrogen) atoms. The average molecular weight is 388 g/mol. The zero-order valence-electron chi connectivity index (χ0n) is 10.4. The summed E-state index contributed by atoms with van der Waals surface area (Å²) >= 11 is 6.72. The third kappa shape index (κ3) is 3.22. The van der Waals surface area contributed by atoms with Gasteiger partial charge in [0.25, 0.3) is 5.91 Å². The Morgan fingerprint density at radius 1 is 1.42 bits per heavy atom. The maximum atomic E-state index is 12.2. The van der Waals surface area contributed by atoms with Crippen molar-refractivity contribution in [2.24, 2.45) is 7.05 Å². The van der Waals surface area contributed by atoms with Crippen LogP contribution in [0.3, 0.4) is 0 Å². The fourth-order valence-corrected chi connectivity index (χ4v) is 2.48. The van der Waals surface area contributed by atoms with Gasteiger partial charge in [0, 0.05) is 16.0 Å². The summed E-state index contributed by atoms with van der Waals surface area (Å²) < 4.78 is 3.38. The quantitative estimate of drug-likeness (QED) is 0.880. The molecule has 1 heterocycles. The van der Waals surface area contributed by atoms with Gasteiger partial charge < -0.3 is 9.88 Å². The molecule has 0 bridgehead atoms. The summed E-state index contributed by atoms with van der Waals surface area (Å²) in [7, 11) is 1.84. The lowest BCUT2D eigenvalue weighted by Gasteiger charge is -2.13. The molecule has 0 saturated heterocycles. The average Bonchev–Trinajstić information content (AvgIpc) is 2.78. The van der Waals surface area contributed by atoms with Crippen LogP contribution in [0.5, 0.6) is 0 Å². The molecule has 1 aromatic heterocycles. The van der Waals surface area contributed by atoms with Crippen molar-refractivity contribution in [2.45, 2.75) is 13.0 Å². The molecule has 7 heteroatoms. The minimum Gasteiger partial charge on any atom is -0.342 e. The van der Waals surface area contributed by atoms with Crippen molar-refractivity contribution in [1.29, 1.82) is 0 Å². The molecule has 1 N–H and O–H groups in total. The van der Waals surface area contributed by atoms with E-state index in [9.17, 15) is 4.79 Å². The molecule has 100 valence electrons. The SMILES string of the molecule is CC(NC(=O)c1cc(Br)ccc1Br)c1nncn1C. The summed E-state index contributed by atoms with van der Waals surface area (Å²) in [4.78, 5) is 12.2. The summed E-state index contributed by atoms with van der Waals surface area (Å²) in [6, 6.07) is 5.24. The maximum absolute atomic E-state index is 12.2. The molecule has 1 atom stereocenters. The number of aryl methyl sites for hydroxylation is 1. The molecule has 0 aliphatic rings. The number of halogens is 2. The molecule has 0 spiro atoms. The highest BCUT2D eigenvalue weighted by atomic mass is 79.9. The molecule has 5 nitrogen and oxygen atoms in total.